The Kier molecular flexibility index (Phi) is 5.07. The maximum atomic E-state index is 13.7. The minimum absolute atomic E-state index is 0.110. The highest BCUT2D eigenvalue weighted by atomic mass is 35.5. The van der Waals surface area contributed by atoms with E-state index >= 15 is 0 Å². The van der Waals surface area contributed by atoms with Gasteiger partial charge < -0.3 is 5.32 Å². The zero-order valence-electron chi connectivity index (χ0n) is 16.9. The zero-order chi connectivity index (χ0) is 21.8. The topological polar surface area (TPSA) is 78.5 Å². The largest absolute Gasteiger partial charge is 0.324 e. The average Bonchev–Trinajstić information content (AvgIpc) is 3.34. The van der Waals surface area contributed by atoms with Crippen LogP contribution in [0.25, 0.3) is 0 Å². The van der Waals surface area contributed by atoms with Crippen molar-refractivity contribution < 1.29 is 14.4 Å². The van der Waals surface area contributed by atoms with Crippen molar-refractivity contribution in [1.82, 2.24) is 10.2 Å². The SMILES string of the molecule is CSCC[C@H]1N[C@]2(C(=O)Nc3ccccc32)[C@@H]2C(=O)N(Cc3ccccc3Cl)C(=O)[C@H]21. The van der Waals surface area contributed by atoms with E-state index in [1.807, 2.05) is 48.7 Å². The first-order valence-electron chi connectivity index (χ1n) is 10.2. The number of amides is 3. The number of hydrogen-bond donors (Lipinski definition) is 2. The molecular weight excluding hydrogens is 434 g/mol. The van der Waals surface area contributed by atoms with E-state index in [4.69, 9.17) is 11.6 Å². The molecule has 3 amide bonds. The van der Waals surface area contributed by atoms with Gasteiger partial charge in [-0.15, -0.1) is 0 Å². The van der Waals surface area contributed by atoms with Gasteiger partial charge in [0.05, 0.1) is 18.4 Å². The molecule has 0 radical (unpaired) electrons. The molecule has 6 nitrogen and oxygen atoms in total. The minimum atomic E-state index is -1.23. The molecule has 3 aliphatic rings. The van der Waals surface area contributed by atoms with Crippen molar-refractivity contribution in [2.24, 2.45) is 11.8 Å². The number of benzene rings is 2. The standard InChI is InChI=1S/C23H22ClN3O3S/c1-31-11-10-17-18-19(23(26-17)14-7-3-5-9-16(14)25-22(23)30)21(29)27(20(18)28)12-13-6-2-4-8-15(13)24/h2-9,17-19,26H,10-12H2,1H3,(H,25,30)/t17-,18+,19+,23+/m1/s1. The summed E-state index contributed by atoms with van der Waals surface area (Å²) in [6.07, 6.45) is 2.70. The lowest BCUT2D eigenvalue weighted by Crippen LogP contribution is -2.53. The molecular formula is C23H22ClN3O3S. The molecule has 160 valence electrons. The molecule has 2 N–H and O–H groups in total. The van der Waals surface area contributed by atoms with Crippen molar-refractivity contribution in [2.75, 3.05) is 17.3 Å². The van der Waals surface area contributed by atoms with Crippen molar-refractivity contribution in [1.29, 1.82) is 0 Å². The molecule has 0 saturated carbocycles. The predicted molar refractivity (Wildman–Crippen MR) is 121 cm³/mol. The van der Waals surface area contributed by atoms with Gasteiger partial charge in [0, 0.05) is 22.3 Å². The summed E-state index contributed by atoms with van der Waals surface area (Å²) in [6.45, 7) is 0.110. The van der Waals surface area contributed by atoms with E-state index in [0.29, 0.717) is 22.7 Å². The highest BCUT2D eigenvalue weighted by Gasteiger charge is 2.70. The number of likely N-dealkylation sites (tertiary alicyclic amines) is 1. The Hall–Kier alpha value is -2.35. The van der Waals surface area contributed by atoms with Crippen LogP contribution in [0.5, 0.6) is 0 Å². The van der Waals surface area contributed by atoms with E-state index in [2.05, 4.69) is 10.6 Å². The maximum Gasteiger partial charge on any atom is 0.250 e. The van der Waals surface area contributed by atoms with Gasteiger partial charge in [-0.05, 0) is 36.1 Å². The lowest BCUT2D eigenvalue weighted by atomic mass is 9.76. The summed E-state index contributed by atoms with van der Waals surface area (Å²) in [5, 5.41) is 6.87. The van der Waals surface area contributed by atoms with E-state index in [0.717, 1.165) is 11.3 Å². The third-order valence-electron chi connectivity index (χ3n) is 6.63. The van der Waals surface area contributed by atoms with Gasteiger partial charge in [0.1, 0.15) is 5.54 Å². The summed E-state index contributed by atoms with van der Waals surface area (Å²) < 4.78 is 0. The van der Waals surface area contributed by atoms with Crippen LogP contribution in [0.1, 0.15) is 17.5 Å². The monoisotopic (exact) mass is 455 g/mol. The Morgan fingerprint density at radius 1 is 1.06 bits per heavy atom. The molecule has 0 aromatic heterocycles. The summed E-state index contributed by atoms with van der Waals surface area (Å²) in [7, 11) is 0. The molecule has 2 saturated heterocycles. The lowest BCUT2D eigenvalue weighted by Gasteiger charge is -2.29. The second kappa shape index (κ2) is 7.65. The number of carbonyl (C=O) groups excluding carboxylic acids is 3. The molecule has 0 unspecified atom stereocenters. The second-order valence-electron chi connectivity index (χ2n) is 8.20. The van der Waals surface area contributed by atoms with Crippen LogP contribution in [0.4, 0.5) is 5.69 Å². The summed E-state index contributed by atoms with van der Waals surface area (Å²) in [5.41, 5.74) is 0.910. The predicted octanol–water partition coefficient (Wildman–Crippen LogP) is 3.01. The van der Waals surface area contributed by atoms with Gasteiger partial charge in [-0.2, -0.15) is 11.8 Å². The van der Waals surface area contributed by atoms with Crippen LogP contribution in [0.15, 0.2) is 48.5 Å². The number of nitrogens with one attached hydrogen (secondary N) is 2. The van der Waals surface area contributed by atoms with Crippen LogP contribution in [0.3, 0.4) is 0 Å². The van der Waals surface area contributed by atoms with Crippen molar-refractivity contribution in [3.63, 3.8) is 0 Å². The molecule has 31 heavy (non-hydrogen) atoms. The summed E-state index contributed by atoms with van der Waals surface area (Å²) in [6, 6.07) is 14.3. The van der Waals surface area contributed by atoms with E-state index in [1.165, 1.54) is 4.90 Å². The Balaban J connectivity index is 1.58. The molecule has 0 aliphatic carbocycles. The average molecular weight is 456 g/mol. The fourth-order valence-electron chi connectivity index (χ4n) is 5.26. The number of anilines is 1. The molecule has 2 fully saturated rings. The third kappa shape index (κ3) is 2.94. The van der Waals surface area contributed by atoms with Crippen LogP contribution in [0, 0.1) is 11.8 Å². The molecule has 5 rings (SSSR count). The lowest BCUT2D eigenvalue weighted by molar-refractivity contribution is -0.143. The molecule has 1 spiro atoms. The van der Waals surface area contributed by atoms with Crippen LogP contribution in [-0.2, 0) is 26.5 Å². The van der Waals surface area contributed by atoms with Crippen molar-refractivity contribution in [2.45, 2.75) is 24.5 Å². The van der Waals surface area contributed by atoms with Crippen molar-refractivity contribution >= 4 is 46.8 Å². The number of imide groups is 1. The maximum absolute atomic E-state index is 13.7. The Morgan fingerprint density at radius 2 is 1.81 bits per heavy atom. The number of rotatable bonds is 5. The Labute approximate surface area is 189 Å². The first-order chi connectivity index (χ1) is 15.0. The highest BCUT2D eigenvalue weighted by molar-refractivity contribution is 7.98. The van der Waals surface area contributed by atoms with Gasteiger partial charge in [-0.3, -0.25) is 24.6 Å². The van der Waals surface area contributed by atoms with Gasteiger partial charge >= 0.3 is 0 Å². The number of hydrogen-bond acceptors (Lipinski definition) is 5. The van der Waals surface area contributed by atoms with Crippen molar-refractivity contribution in [3.05, 3.63) is 64.7 Å². The number of nitrogens with zero attached hydrogens (tertiary/aromatic N) is 1. The van der Waals surface area contributed by atoms with Gasteiger partial charge in [0.2, 0.25) is 17.7 Å². The quantitative estimate of drug-likeness (QED) is 0.677. The van der Waals surface area contributed by atoms with Crippen molar-refractivity contribution in [3.8, 4) is 0 Å². The van der Waals surface area contributed by atoms with Gasteiger partial charge in [0.25, 0.3) is 0 Å². The van der Waals surface area contributed by atoms with Gasteiger partial charge in [-0.25, -0.2) is 0 Å². The molecule has 3 aliphatic heterocycles. The second-order valence-corrected chi connectivity index (χ2v) is 9.59. The highest BCUT2D eigenvalue weighted by Crippen LogP contribution is 2.53. The molecule has 2 aromatic rings. The molecule has 4 atom stereocenters. The van der Waals surface area contributed by atoms with E-state index in [9.17, 15) is 14.4 Å². The number of para-hydroxylation sites is 1. The first kappa shape index (κ1) is 20.5. The first-order valence-corrected chi connectivity index (χ1v) is 12.0. The normalized spacial score (nSPS) is 28.9. The smallest absolute Gasteiger partial charge is 0.250 e. The zero-order valence-corrected chi connectivity index (χ0v) is 18.5. The van der Waals surface area contributed by atoms with E-state index in [-0.39, 0.29) is 30.3 Å². The van der Waals surface area contributed by atoms with Gasteiger partial charge in [0.15, 0.2) is 0 Å². The Bertz CT molecular complexity index is 1090. The van der Waals surface area contributed by atoms with Crippen LogP contribution in [-0.4, -0.2) is 40.7 Å². The molecule has 8 heteroatoms. The number of thioether (sulfide) groups is 1. The van der Waals surface area contributed by atoms with Gasteiger partial charge in [-0.1, -0.05) is 48.0 Å². The van der Waals surface area contributed by atoms with Crippen LogP contribution < -0.4 is 10.6 Å². The number of fused-ring (bicyclic) bond motifs is 4. The molecule has 0 bridgehead atoms. The molecule has 2 aromatic carbocycles. The third-order valence-corrected chi connectivity index (χ3v) is 7.65. The minimum Gasteiger partial charge on any atom is -0.324 e. The Morgan fingerprint density at radius 3 is 2.58 bits per heavy atom. The summed E-state index contributed by atoms with van der Waals surface area (Å²) in [5.74, 6) is -1.36. The van der Waals surface area contributed by atoms with Crippen LogP contribution >= 0.6 is 23.4 Å². The number of carbonyl (C=O) groups is 3. The summed E-state index contributed by atoms with van der Waals surface area (Å²) >= 11 is 7.98. The number of halogens is 1. The summed E-state index contributed by atoms with van der Waals surface area (Å²) in [4.78, 5) is 41.8. The fraction of sp³-hybridized carbons (Fsp3) is 0.348. The van der Waals surface area contributed by atoms with Crippen LogP contribution in [0.2, 0.25) is 5.02 Å². The van der Waals surface area contributed by atoms with E-state index in [1.54, 1.807) is 17.8 Å². The molecule has 3 heterocycles. The van der Waals surface area contributed by atoms with E-state index < -0.39 is 17.4 Å². The fourth-order valence-corrected chi connectivity index (χ4v) is 5.95.